The first-order valence-electron chi connectivity index (χ1n) is 3.89. The predicted octanol–water partition coefficient (Wildman–Crippen LogP) is 1.57. The van der Waals surface area contributed by atoms with Crippen LogP contribution in [0.5, 0.6) is 5.75 Å². The largest absolute Gasteiger partial charge is 0.491 e. The van der Waals surface area contributed by atoms with Crippen molar-refractivity contribution < 1.29 is 9.84 Å². The highest BCUT2D eigenvalue weighted by Gasteiger charge is 1.99. The third-order valence-electron chi connectivity index (χ3n) is 1.52. The van der Waals surface area contributed by atoms with E-state index < -0.39 is 6.10 Å². The van der Waals surface area contributed by atoms with Crippen LogP contribution < -0.4 is 4.74 Å². The van der Waals surface area contributed by atoms with Crippen molar-refractivity contribution in [1.82, 2.24) is 0 Å². The normalized spacial score (nSPS) is 12.6. The van der Waals surface area contributed by atoms with Crippen LogP contribution in [-0.4, -0.2) is 17.8 Å². The average Bonchev–Trinajstić information content (AvgIpc) is 2.03. The number of para-hydroxylation sites is 1. The van der Waals surface area contributed by atoms with Gasteiger partial charge >= 0.3 is 0 Å². The molecule has 1 rings (SSSR count). The molecule has 1 unspecified atom stereocenters. The van der Waals surface area contributed by atoms with Crippen LogP contribution in [0.15, 0.2) is 24.3 Å². The second-order valence-electron chi connectivity index (χ2n) is 2.73. The van der Waals surface area contributed by atoms with E-state index in [9.17, 15) is 0 Å². The SMILES string of the molecule is [CH2]C(O)COc1ccccc1C. The average molecular weight is 165 g/mol. The number of hydrogen-bond donors (Lipinski definition) is 1. The Balaban J connectivity index is 2.57. The lowest BCUT2D eigenvalue weighted by Crippen LogP contribution is -2.13. The maximum atomic E-state index is 8.87. The van der Waals surface area contributed by atoms with E-state index in [1.165, 1.54) is 0 Å². The van der Waals surface area contributed by atoms with E-state index in [4.69, 9.17) is 9.84 Å². The molecular formula is C10H13O2. The fourth-order valence-corrected chi connectivity index (χ4v) is 0.904. The number of aryl methyl sites for hydroxylation is 1. The number of ether oxygens (including phenoxy) is 1. The van der Waals surface area contributed by atoms with Crippen LogP contribution in [0.2, 0.25) is 0 Å². The second-order valence-corrected chi connectivity index (χ2v) is 2.73. The van der Waals surface area contributed by atoms with Gasteiger partial charge in [-0.2, -0.15) is 0 Å². The van der Waals surface area contributed by atoms with Crippen LogP contribution >= 0.6 is 0 Å². The monoisotopic (exact) mass is 165 g/mol. The van der Waals surface area contributed by atoms with E-state index in [-0.39, 0.29) is 6.61 Å². The Labute approximate surface area is 72.8 Å². The van der Waals surface area contributed by atoms with Gasteiger partial charge in [0.1, 0.15) is 12.4 Å². The van der Waals surface area contributed by atoms with Gasteiger partial charge in [-0.3, -0.25) is 0 Å². The molecule has 0 aliphatic carbocycles. The number of hydrogen-bond acceptors (Lipinski definition) is 2. The van der Waals surface area contributed by atoms with E-state index in [0.29, 0.717) is 0 Å². The summed E-state index contributed by atoms with van der Waals surface area (Å²) in [6.07, 6.45) is -0.662. The van der Waals surface area contributed by atoms with Crippen molar-refractivity contribution in [3.8, 4) is 5.75 Å². The van der Waals surface area contributed by atoms with Crippen LogP contribution in [0.4, 0.5) is 0 Å². The second kappa shape index (κ2) is 4.12. The maximum Gasteiger partial charge on any atom is 0.122 e. The highest BCUT2D eigenvalue weighted by atomic mass is 16.5. The molecule has 0 saturated heterocycles. The number of aliphatic hydroxyl groups is 1. The van der Waals surface area contributed by atoms with Crippen molar-refractivity contribution in [2.24, 2.45) is 0 Å². The summed E-state index contributed by atoms with van der Waals surface area (Å²) in [6, 6.07) is 7.68. The summed E-state index contributed by atoms with van der Waals surface area (Å²) in [6.45, 7) is 5.62. The molecule has 1 atom stereocenters. The van der Waals surface area contributed by atoms with E-state index >= 15 is 0 Å². The Morgan fingerprint density at radius 2 is 2.17 bits per heavy atom. The minimum atomic E-state index is -0.662. The predicted molar refractivity (Wildman–Crippen MR) is 48.0 cm³/mol. The number of aliphatic hydroxyl groups excluding tert-OH is 1. The minimum absolute atomic E-state index is 0.241. The van der Waals surface area contributed by atoms with E-state index in [2.05, 4.69) is 6.92 Å². The molecule has 1 aromatic carbocycles. The Kier molecular flexibility index (Phi) is 3.11. The van der Waals surface area contributed by atoms with Crippen molar-refractivity contribution in [1.29, 1.82) is 0 Å². The summed E-state index contributed by atoms with van der Waals surface area (Å²) in [5, 5.41) is 8.87. The Hall–Kier alpha value is -1.02. The molecule has 1 aromatic rings. The first-order chi connectivity index (χ1) is 5.70. The van der Waals surface area contributed by atoms with Crippen LogP contribution in [-0.2, 0) is 0 Å². The van der Waals surface area contributed by atoms with Gasteiger partial charge in [-0.15, -0.1) is 0 Å². The first kappa shape index (κ1) is 9.07. The smallest absolute Gasteiger partial charge is 0.122 e. The first-order valence-corrected chi connectivity index (χ1v) is 3.89. The van der Waals surface area contributed by atoms with Gasteiger partial charge < -0.3 is 9.84 Å². The molecule has 0 aliphatic rings. The summed E-state index contributed by atoms with van der Waals surface area (Å²) in [7, 11) is 0. The highest BCUT2D eigenvalue weighted by molar-refractivity contribution is 5.31. The highest BCUT2D eigenvalue weighted by Crippen LogP contribution is 2.15. The van der Waals surface area contributed by atoms with Crippen molar-refractivity contribution in [2.45, 2.75) is 13.0 Å². The molecule has 1 radical (unpaired) electrons. The van der Waals surface area contributed by atoms with Gasteiger partial charge in [0, 0.05) is 0 Å². The lowest BCUT2D eigenvalue weighted by atomic mass is 10.2. The third-order valence-corrected chi connectivity index (χ3v) is 1.52. The molecule has 12 heavy (non-hydrogen) atoms. The molecule has 0 amide bonds. The van der Waals surface area contributed by atoms with Crippen molar-refractivity contribution in [3.63, 3.8) is 0 Å². The third kappa shape index (κ3) is 2.55. The van der Waals surface area contributed by atoms with E-state index in [1.54, 1.807) is 0 Å². The summed E-state index contributed by atoms with van der Waals surface area (Å²) >= 11 is 0. The van der Waals surface area contributed by atoms with Gasteiger partial charge in [0.2, 0.25) is 0 Å². The van der Waals surface area contributed by atoms with Gasteiger partial charge in [0.15, 0.2) is 0 Å². The molecule has 1 N–H and O–H groups in total. The molecular weight excluding hydrogens is 152 g/mol. The van der Waals surface area contributed by atoms with Gasteiger partial charge in [0.05, 0.1) is 6.10 Å². The molecule has 0 saturated carbocycles. The maximum absolute atomic E-state index is 8.87. The Morgan fingerprint density at radius 3 is 2.75 bits per heavy atom. The summed E-state index contributed by atoms with van der Waals surface area (Å²) < 4.78 is 5.29. The van der Waals surface area contributed by atoms with Crippen molar-refractivity contribution in [3.05, 3.63) is 36.8 Å². The molecule has 0 bridgehead atoms. The standard InChI is InChI=1S/C10H13O2/c1-8-5-3-4-6-10(8)12-7-9(2)11/h3-6,9,11H,2,7H2,1H3. The zero-order valence-electron chi connectivity index (χ0n) is 7.16. The summed E-state index contributed by atoms with van der Waals surface area (Å²) in [4.78, 5) is 0. The number of benzene rings is 1. The summed E-state index contributed by atoms with van der Waals surface area (Å²) in [5.41, 5.74) is 1.07. The van der Waals surface area contributed by atoms with Crippen LogP contribution in [0.1, 0.15) is 5.56 Å². The zero-order chi connectivity index (χ0) is 8.97. The molecule has 2 nitrogen and oxygen atoms in total. The molecule has 0 heterocycles. The molecule has 0 aromatic heterocycles. The van der Waals surface area contributed by atoms with E-state index in [0.717, 1.165) is 11.3 Å². The van der Waals surface area contributed by atoms with Gasteiger partial charge in [0.25, 0.3) is 0 Å². The zero-order valence-corrected chi connectivity index (χ0v) is 7.16. The summed E-state index contributed by atoms with van der Waals surface area (Å²) in [5.74, 6) is 0.806. The van der Waals surface area contributed by atoms with Crippen molar-refractivity contribution >= 4 is 0 Å². The van der Waals surface area contributed by atoms with Crippen molar-refractivity contribution in [2.75, 3.05) is 6.61 Å². The molecule has 0 fully saturated rings. The Morgan fingerprint density at radius 1 is 1.50 bits per heavy atom. The van der Waals surface area contributed by atoms with Gasteiger partial charge in [-0.1, -0.05) is 18.2 Å². The topological polar surface area (TPSA) is 29.5 Å². The van der Waals surface area contributed by atoms with Crippen LogP contribution in [0.25, 0.3) is 0 Å². The molecule has 65 valence electrons. The quantitative estimate of drug-likeness (QED) is 0.736. The van der Waals surface area contributed by atoms with Crippen LogP contribution in [0.3, 0.4) is 0 Å². The fraction of sp³-hybridized carbons (Fsp3) is 0.300. The fourth-order valence-electron chi connectivity index (χ4n) is 0.904. The molecule has 0 aliphatic heterocycles. The molecule has 0 spiro atoms. The minimum Gasteiger partial charge on any atom is -0.491 e. The van der Waals surface area contributed by atoms with E-state index in [1.807, 2.05) is 31.2 Å². The van der Waals surface area contributed by atoms with Crippen LogP contribution in [0, 0.1) is 13.8 Å². The molecule has 2 heteroatoms. The lowest BCUT2D eigenvalue weighted by Gasteiger charge is -2.09. The van der Waals surface area contributed by atoms with Gasteiger partial charge in [-0.05, 0) is 25.5 Å². The van der Waals surface area contributed by atoms with Gasteiger partial charge in [-0.25, -0.2) is 0 Å². The Bertz CT molecular complexity index is 243. The lowest BCUT2D eigenvalue weighted by molar-refractivity contribution is 0.142. The number of rotatable bonds is 3.